The molecule has 1 amide bonds. The standard InChI is InChI=1S/C24H27N3OS/c1-17(2)13-14-25-24(28)21-6-4-5-19(15-21)16-29-23-12-11-22(26-27-23)20-9-7-18(3)8-10-20/h4-12,15,17H,13-14,16H2,1-3H3,(H,25,28). The van der Waals surface area contributed by atoms with Crippen LogP contribution in [0.25, 0.3) is 11.3 Å². The number of amides is 1. The summed E-state index contributed by atoms with van der Waals surface area (Å²) in [4.78, 5) is 12.3. The number of nitrogens with zero attached hydrogens (tertiary/aromatic N) is 2. The molecule has 0 fully saturated rings. The number of hydrogen-bond acceptors (Lipinski definition) is 4. The minimum Gasteiger partial charge on any atom is -0.352 e. The van der Waals surface area contributed by atoms with Crippen molar-refractivity contribution in [2.75, 3.05) is 6.54 Å². The van der Waals surface area contributed by atoms with E-state index in [0.717, 1.165) is 34.0 Å². The number of thioether (sulfide) groups is 1. The molecule has 1 N–H and O–H groups in total. The Labute approximate surface area is 177 Å². The molecule has 29 heavy (non-hydrogen) atoms. The molecule has 0 aliphatic rings. The summed E-state index contributed by atoms with van der Waals surface area (Å²) in [6.07, 6.45) is 0.985. The Morgan fingerprint density at radius 3 is 2.52 bits per heavy atom. The lowest BCUT2D eigenvalue weighted by atomic mass is 10.1. The highest BCUT2D eigenvalue weighted by atomic mass is 32.2. The molecule has 1 aromatic heterocycles. The van der Waals surface area contributed by atoms with Gasteiger partial charge in [0.25, 0.3) is 5.91 Å². The topological polar surface area (TPSA) is 54.9 Å². The van der Waals surface area contributed by atoms with Gasteiger partial charge in [-0.2, -0.15) is 0 Å². The smallest absolute Gasteiger partial charge is 0.251 e. The first kappa shape index (κ1) is 21.1. The molecular weight excluding hydrogens is 378 g/mol. The summed E-state index contributed by atoms with van der Waals surface area (Å²) in [7, 11) is 0. The predicted molar refractivity (Wildman–Crippen MR) is 120 cm³/mol. The summed E-state index contributed by atoms with van der Waals surface area (Å²) in [6, 6.07) is 20.0. The van der Waals surface area contributed by atoms with Crippen molar-refractivity contribution < 1.29 is 4.79 Å². The number of aryl methyl sites for hydroxylation is 1. The largest absolute Gasteiger partial charge is 0.352 e. The molecule has 0 atom stereocenters. The maximum atomic E-state index is 12.3. The molecule has 2 aromatic carbocycles. The average molecular weight is 406 g/mol. The van der Waals surface area contributed by atoms with Crippen molar-refractivity contribution in [3.8, 4) is 11.3 Å². The van der Waals surface area contributed by atoms with Crippen LogP contribution in [0.15, 0.2) is 65.7 Å². The van der Waals surface area contributed by atoms with Crippen LogP contribution in [0.3, 0.4) is 0 Å². The summed E-state index contributed by atoms with van der Waals surface area (Å²) < 4.78 is 0. The van der Waals surface area contributed by atoms with Gasteiger partial charge in [-0.1, -0.05) is 67.6 Å². The van der Waals surface area contributed by atoms with Crippen molar-refractivity contribution in [3.05, 3.63) is 77.4 Å². The van der Waals surface area contributed by atoms with Gasteiger partial charge in [-0.25, -0.2) is 0 Å². The van der Waals surface area contributed by atoms with Gasteiger partial charge >= 0.3 is 0 Å². The van der Waals surface area contributed by atoms with Crippen molar-refractivity contribution in [1.29, 1.82) is 0 Å². The number of nitrogens with one attached hydrogen (secondary N) is 1. The number of rotatable bonds is 8. The van der Waals surface area contributed by atoms with E-state index in [-0.39, 0.29) is 5.91 Å². The second kappa shape index (κ2) is 10.2. The van der Waals surface area contributed by atoms with E-state index in [1.54, 1.807) is 11.8 Å². The summed E-state index contributed by atoms with van der Waals surface area (Å²) in [6.45, 7) is 7.08. The van der Waals surface area contributed by atoms with Crippen LogP contribution < -0.4 is 5.32 Å². The molecule has 0 saturated carbocycles. The Morgan fingerprint density at radius 1 is 1.03 bits per heavy atom. The van der Waals surface area contributed by atoms with Gasteiger partial charge in [-0.3, -0.25) is 4.79 Å². The highest BCUT2D eigenvalue weighted by Gasteiger charge is 2.07. The molecule has 1 heterocycles. The number of carbonyl (C=O) groups excluding carboxylic acids is 1. The fourth-order valence-electron chi connectivity index (χ4n) is 2.81. The van der Waals surface area contributed by atoms with Crippen LogP contribution in [0, 0.1) is 12.8 Å². The first-order valence-electron chi connectivity index (χ1n) is 9.92. The molecule has 0 aliphatic carbocycles. The lowest BCUT2D eigenvalue weighted by Crippen LogP contribution is -2.25. The third kappa shape index (κ3) is 6.43. The van der Waals surface area contributed by atoms with Gasteiger partial charge in [0.1, 0.15) is 5.03 Å². The highest BCUT2D eigenvalue weighted by Crippen LogP contribution is 2.23. The minimum atomic E-state index is -0.0141. The van der Waals surface area contributed by atoms with E-state index in [9.17, 15) is 4.79 Å². The van der Waals surface area contributed by atoms with Crippen molar-refractivity contribution in [3.63, 3.8) is 0 Å². The lowest BCUT2D eigenvalue weighted by Gasteiger charge is -2.08. The van der Waals surface area contributed by atoms with Crippen LogP contribution in [0.4, 0.5) is 0 Å². The third-order valence-corrected chi connectivity index (χ3v) is 5.56. The second-order valence-electron chi connectivity index (χ2n) is 7.55. The van der Waals surface area contributed by atoms with E-state index in [1.807, 2.05) is 36.4 Å². The SMILES string of the molecule is Cc1ccc(-c2ccc(SCc3cccc(C(=O)NCCC(C)C)c3)nn2)cc1. The molecule has 0 spiro atoms. The van der Waals surface area contributed by atoms with Crippen LogP contribution in [0.1, 0.15) is 41.8 Å². The Kier molecular flexibility index (Phi) is 7.42. The van der Waals surface area contributed by atoms with Crippen molar-refractivity contribution in [1.82, 2.24) is 15.5 Å². The molecule has 0 radical (unpaired) electrons. The quantitative estimate of drug-likeness (QED) is 0.501. The number of benzene rings is 2. The van der Waals surface area contributed by atoms with Crippen LogP contribution in [-0.2, 0) is 5.75 Å². The molecule has 3 rings (SSSR count). The predicted octanol–water partition coefficient (Wildman–Crippen LogP) is 5.52. The molecule has 150 valence electrons. The zero-order valence-corrected chi connectivity index (χ0v) is 18.0. The fraction of sp³-hybridized carbons (Fsp3) is 0.292. The second-order valence-corrected chi connectivity index (χ2v) is 8.55. The Bertz CT molecular complexity index is 937. The van der Waals surface area contributed by atoms with Gasteiger partial charge in [-0.15, -0.1) is 10.2 Å². The average Bonchev–Trinajstić information content (AvgIpc) is 2.73. The highest BCUT2D eigenvalue weighted by molar-refractivity contribution is 7.98. The molecule has 0 unspecified atom stereocenters. The van der Waals surface area contributed by atoms with Crippen molar-refractivity contribution >= 4 is 17.7 Å². The lowest BCUT2D eigenvalue weighted by molar-refractivity contribution is 0.0952. The van der Waals surface area contributed by atoms with Crippen LogP contribution in [-0.4, -0.2) is 22.6 Å². The normalized spacial score (nSPS) is 10.9. The first-order chi connectivity index (χ1) is 14.0. The zero-order chi connectivity index (χ0) is 20.6. The number of aromatic nitrogens is 2. The van der Waals surface area contributed by atoms with E-state index in [2.05, 4.69) is 60.6 Å². The molecule has 0 bridgehead atoms. The third-order valence-electron chi connectivity index (χ3n) is 4.57. The first-order valence-corrected chi connectivity index (χ1v) is 10.9. The Morgan fingerprint density at radius 2 is 1.83 bits per heavy atom. The van der Waals surface area contributed by atoms with E-state index in [4.69, 9.17) is 0 Å². The van der Waals surface area contributed by atoms with Crippen molar-refractivity contribution in [2.45, 2.75) is 38.0 Å². The zero-order valence-electron chi connectivity index (χ0n) is 17.2. The summed E-state index contributed by atoms with van der Waals surface area (Å²) >= 11 is 1.62. The van der Waals surface area contributed by atoms with Gasteiger partial charge < -0.3 is 5.32 Å². The van der Waals surface area contributed by atoms with E-state index in [1.165, 1.54) is 5.56 Å². The molecule has 3 aromatic rings. The van der Waals surface area contributed by atoms with E-state index in [0.29, 0.717) is 18.0 Å². The van der Waals surface area contributed by atoms with Gasteiger partial charge in [0.2, 0.25) is 0 Å². The number of hydrogen-bond donors (Lipinski definition) is 1. The fourth-order valence-corrected chi connectivity index (χ4v) is 3.57. The van der Waals surface area contributed by atoms with Crippen LogP contribution >= 0.6 is 11.8 Å². The van der Waals surface area contributed by atoms with Gasteiger partial charge in [0, 0.05) is 23.4 Å². The van der Waals surface area contributed by atoms with Gasteiger partial charge in [0.15, 0.2) is 0 Å². The maximum absolute atomic E-state index is 12.3. The molecule has 4 nitrogen and oxygen atoms in total. The van der Waals surface area contributed by atoms with E-state index < -0.39 is 0 Å². The molecular formula is C24H27N3OS. The summed E-state index contributed by atoms with van der Waals surface area (Å²) in [5.41, 5.74) is 4.96. The monoisotopic (exact) mass is 405 g/mol. The molecule has 0 aliphatic heterocycles. The van der Waals surface area contributed by atoms with E-state index >= 15 is 0 Å². The maximum Gasteiger partial charge on any atom is 0.251 e. The van der Waals surface area contributed by atoms with Crippen LogP contribution in [0.2, 0.25) is 0 Å². The summed E-state index contributed by atoms with van der Waals surface area (Å²) in [5, 5.41) is 12.5. The Hall–Kier alpha value is -2.66. The molecule has 5 heteroatoms. The van der Waals surface area contributed by atoms with Gasteiger partial charge in [0.05, 0.1) is 5.69 Å². The van der Waals surface area contributed by atoms with Crippen molar-refractivity contribution in [2.24, 2.45) is 5.92 Å². The van der Waals surface area contributed by atoms with Gasteiger partial charge in [-0.05, 0) is 49.1 Å². The van der Waals surface area contributed by atoms with Crippen LogP contribution in [0.5, 0.6) is 0 Å². The number of carbonyl (C=O) groups is 1. The Balaban J connectivity index is 1.57. The molecule has 0 saturated heterocycles. The minimum absolute atomic E-state index is 0.0141. The summed E-state index contributed by atoms with van der Waals surface area (Å²) in [5.74, 6) is 1.31.